The van der Waals surface area contributed by atoms with E-state index in [0.717, 1.165) is 43.1 Å². The number of anilines is 2. The van der Waals surface area contributed by atoms with Gasteiger partial charge in [-0.1, -0.05) is 6.92 Å². The highest BCUT2D eigenvalue weighted by Gasteiger charge is 2.20. The summed E-state index contributed by atoms with van der Waals surface area (Å²) in [6.45, 7) is 6.58. The van der Waals surface area contributed by atoms with Gasteiger partial charge in [-0.05, 0) is 24.6 Å². The fourth-order valence-corrected chi connectivity index (χ4v) is 3.55. The molecule has 1 atom stereocenters. The highest BCUT2D eigenvalue weighted by atomic mass is 19.1. The van der Waals surface area contributed by atoms with Crippen molar-refractivity contribution in [2.75, 3.05) is 29.9 Å². The highest BCUT2D eigenvalue weighted by Crippen LogP contribution is 2.21. The molecule has 3 aromatic rings. The number of hydrogen-bond donors (Lipinski definition) is 3. The number of benzene rings is 1. The van der Waals surface area contributed by atoms with Crippen LogP contribution in [0.3, 0.4) is 0 Å². The Morgan fingerprint density at radius 3 is 3.07 bits per heavy atom. The van der Waals surface area contributed by atoms with Crippen molar-refractivity contribution in [1.82, 2.24) is 15.3 Å². The quantitative estimate of drug-likeness (QED) is 0.603. The van der Waals surface area contributed by atoms with E-state index in [1.807, 2.05) is 17.5 Å². The number of amides is 1. The lowest BCUT2D eigenvalue weighted by Gasteiger charge is -2.35. The number of carbonyl (C=O) groups excluding carboxylic acids is 1. The number of imidazole rings is 1. The maximum absolute atomic E-state index is 14.7. The van der Waals surface area contributed by atoms with Crippen LogP contribution in [0.25, 0.3) is 5.65 Å². The molecule has 1 aliphatic heterocycles. The van der Waals surface area contributed by atoms with Crippen LogP contribution >= 0.6 is 0 Å². The first kappa shape index (κ1) is 18.4. The molecule has 0 radical (unpaired) electrons. The lowest BCUT2D eigenvalue weighted by atomic mass is 10.1. The van der Waals surface area contributed by atoms with Crippen LogP contribution in [0.2, 0.25) is 0 Å². The van der Waals surface area contributed by atoms with E-state index in [9.17, 15) is 9.18 Å². The molecular weight excluding hydrogens is 359 g/mol. The van der Waals surface area contributed by atoms with Gasteiger partial charge in [0.15, 0.2) is 5.82 Å². The largest absolute Gasteiger partial charge is 0.369 e. The van der Waals surface area contributed by atoms with Gasteiger partial charge in [0.25, 0.3) is 5.91 Å². The highest BCUT2D eigenvalue weighted by molar-refractivity contribution is 6.04. The molecule has 3 heterocycles. The predicted octanol–water partition coefficient (Wildman–Crippen LogP) is 2.04. The van der Waals surface area contributed by atoms with Crippen LogP contribution in [0, 0.1) is 12.7 Å². The number of H-pyrrole nitrogens is 1. The first-order chi connectivity index (χ1) is 13.5. The molecule has 0 aliphatic carbocycles. The van der Waals surface area contributed by atoms with Gasteiger partial charge >= 0.3 is 5.65 Å². The number of hydrogen-bond acceptors (Lipinski definition) is 4. The number of aromatic nitrogens is 3. The summed E-state index contributed by atoms with van der Waals surface area (Å²) in [5.41, 5.74) is 2.59. The first-order valence-electron chi connectivity index (χ1n) is 9.49. The van der Waals surface area contributed by atoms with E-state index in [0.29, 0.717) is 11.9 Å². The van der Waals surface area contributed by atoms with Crippen LogP contribution in [-0.4, -0.2) is 41.6 Å². The van der Waals surface area contributed by atoms with Gasteiger partial charge in [-0.3, -0.25) is 4.79 Å². The van der Waals surface area contributed by atoms with E-state index in [1.165, 1.54) is 12.1 Å². The van der Waals surface area contributed by atoms with E-state index in [4.69, 9.17) is 0 Å². The molecule has 2 aromatic heterocycles. The Balaban J connectivity index is 1.50. The van der Waals surface area contributed by atoms with Crippen LogP contribution in [0.1, 0.15) is 29.4 Å². The molecule has 8 heteroatoms. The molecule has 146 valence electrons. The van der Waals surface area contributed by atoms with Gasteiger partial charge in [-0.25, -0.2) is 14.4 Å². The standard InChI is InChI=1S/C20H23FN6O/c1-3-14-11-26(7-6-22-14)15-4-5-16(17(21)8-15)20(28)25-18-12-27-10-13(2)24-19(27)9-23-18/h4-5,8-10,12,14,22H,3,6-7,11H2,1-2H3,(H,25,28)/p+1/t14-/m0/s1. The van der Waals surface area contributed by atoms with Gasteiger partial charge in [-0.15, -0.1) is 0 Å². The van der Waals surface area contributed by atoms with Crippen molar-refractivity contribution in [2.24, 2.45) is 0 Å². The number of rotatable bonds is 4. The second kappa shape index (κ2) is 7.55. The molecular formula is C20H24FN6O+. The van der Waals surface area contributed by atoms with E-state index in [1.54, 1.807) is 18.5 Å². The fourth-order valence-electron chi connectivity index (χ4n) is 3.55. The van der Waals surface area contributed by atoms with Crippen LogP contribution in [0.15, 0.2) is 36.8 Å². The number of nitrogens with one attached hydrogen (secondary N) is 3. The summed E-state index contributed by atoms with van der Waals surface area (Å²) in [5.74, 6) is -0.693. The summed E-state index contributed by atoms with van der Waals surface area (Å²) < 4.78 is 16.5. The smallest absolute Gasteiger partial charge is 0.303 e. The third-order valence-electron chi connectivity index (χ3n) is 5.08. The summed E-state index contributed by atoms with van der Waals surface area (Å²) in [4.78, 5) is 22.0. The zero-order valence-electron chi connectivity index (χ0n) is 16.0. The Kier molecular flexibility index (Phi) is 4.95. The summed E-state index contributed by atoms with van der Waals surface area (Å²) >= 11 is 0. The Labute approximate surface area is 162 Å². The summed E-state index contributed by atoms with van der Waals surface area (Å²) in [5, 5.41) is 6.11. The molecule has 3 N–H and O–H groups in total. The molecule has 0 saturated carbocycles. The number of carbonyl (C=O) groups is 1. The number of aryl methyl sites for hydroxylation is 1. The number of fused-ring (bicyclic) bond motifs is 1. The zero-order valence-corrected chi connectivity index (χ0v) is 16.0. The molecule has 1 amide bonds. The molecule has 1 fully saturated rings. The van der Waals surface area contributed by atoms with Gasteiger partial charge < -0.3 is 15.5 Å². The molecule has 1 aliphatic rings. The fraction of sp³-hybridized carbons (Fsp3) is 0.350. The Hall–Kier alpha value is -3.00. The molecule has 28 heavy (non-hydrogen) atoms. The molecule has 1 saturated heterocycles. The third-order valence-corrected chi connectivity index (χ3v) is 5.08. The van der Waals surface area contributed by atoms with Crippen molar-refractivity contribution in [1.29, 1.82) is 0 Å². The molecule has 1 aromatic carbocycles. The van der Waals surface area contributed by atoms with Crippen molar-refractivity contribution >= 4 is 23.1 Å². The Morgan fingerprint density at radius 2 is 2.29 bits per heavy atom. The summed E-state index contributed by atoms with van der Waals surface area (Å²) in [6.07, 6.45) is 6.22. The van der Waals surface area contributed by atoms with Crippen molar-refractivity contribution in [2.45, 2.75) is 26.3 Å². The van der Waals surface area contributed by atoms with Gasteiger partial charge in [0.1, 0.15) is 30.1 Å². The Bertz CT molecular complexity index is 1020. The second-order valence-corrected chi connectivity index (χ2v) is 7.13. The van der Waals surface area contributed by atoms with Crippen molar-refractivity contribution < 1.29 is 13.6 Å². The number of piperazine rings is 1. The van der Waals surface area contributed by atoms with E-state index in [2.05, 4.69) is 32.4 Å². The van der Waals surface area contributed by atoms with Gasteiger partial charge in [0, 0.05) is 38.3 Å². The average molecular weight is 383 g/mol. The zero-order chi connectivity index (χ0) is 19.7. The van der Waals surface area contributed by atoms with Crippen molar-refractivity contribution in [3.8, 4) is 0 Å². The first-order valence-corrected chi connectivity index (χ1v) is 9.49. The van der Waals surface area contributed by atoms with Crippen LogP contribution in [0.5, 0.6) is 0 Å². The van der Waals surface area contributed by atoms with E-state index >= 15 is 0 Å². The molecule has 0 spiro atoms. The van der Waals surface area contributed by atoms with Gasteiger partial charge in [0.05, 0.1) is 5.56 Å². The van der Waals surface area contributed by atoms with Crippen LogP contribution in [0.4, 0.5) is 15.9 Å². The van der Waals surface area contributed by atoms with Gasteiger partial charge in [0.2, 0.25) is 0 Å². The van der Waals surface area contributed by atoms with Gasteiger partial charge in [-0.2, -0.15) is 4.40 Å². The maximum Gasteiger partial charge on any atom is 0.303 e. The van der Waals surface area contributed by atoms with E-state index < -0.39 is 11.7 Å². The van der Waals surface area contributed by atoms with Crippen LogP contribution in [-0.2, 0) is 0 Å². The predicted molar refractivity (Wildman–Crippen MR) is 105 cm³/mol. The second-order valence-electron chi connectivity index (χ2n) is 7.13. The average Bonchev–Trinajstić information content (AvgIpc) is 3.07. The van der Waals surface area contributed by atoms with Crippen molar-refractivity contribution in [3.05, 3.63) is 53.9 Å². The summed E-state index contributed by atoms with van der Waals surface area (Å²) in [6, 6.07) is 5.18. The minimum Gasteiger partial charge on any atom is -0.369 e. The summed E-state index contributed by atoms with van der Waals surface area (Å²) in [7, 11) is 0. The monoisotopic (exact) mass is 383 g/mol. The topological polar surface area (TPSA) is 77.2 Å². The SMILES string of the molecule is CC[C@H]1CN(c2ccc(C(=O)Nc3c[n+]4cc(C)[nH]c4cn3)c(F)c2)CCN1. The van der Waals surface area contributed by atoms with Crippen molar-refractivity contribution in [3.63, 3.8) is 0 Å². The maximum atomic E-state index is 14.7. The number of aromatic amines is 1. The lowest BCUT2D eigenvalue weighted by molar-refractivity contribution is -0.509. The third kappa shape index (κ3) is 3.68. The van der Waals surface area contributed by atoms with Crippen LogP contribution < -0.4 is 19.9 Å². The number of halogens is 1. The molecule has 4 rings (SSSR count). The normalized spacial score (nSPS) is 17.1. The minimum atomic E-state index is -0.534. The van der Waals surface area contributed by atoms with E-state index in [-0.39, 0.29) is 5.56 Å². The molecule has 0 unspecified atom stereocenters. The molecule has 7 nitrogen and oxygen atoms in total. The molecule has 0 bridgehead atoms. The lowest BCUT2D eigenvalue weighted by Crippen LogP contribution is -2.50. The number of nitrogens with zero attached hydrogens (tertiary/aromatic N) is 3. The Morgan fingerprint density at radius 1 is 1.43 bits per heavy atom. The minimum absolute atomic E-state index is 0.00284.